The molecule has 1 fully saturated rings. The van der Waals surface area contributed by atoms with E-state index in [-0.39, 0.29) is 16.1 Å². The highest BCUT2D eigenvalue weighted by Gasteiger charge is 2.38. The fourth-order valence-corrected chi connectivity index (χ4v) is 4.25. The average Bonchev–Trinajstić information content (AvgIpc) is 3.05. The van der Waals surface area contributed by atoms with Crippen LogP contribution in [0, 0.1) is 5.82 Å². The summed E-state index contributed by atoms with van der Waals surface area (Å²) in [5, 5.41) is 2.11. The van der Waals surface area contributed by atoms with Crippen LogP contribution in [0.1, 0.15) is 26.3 Å². The minimum absolute atomic E-state index is 0.0519. The Hall–Kier alpha value is -2.00. The molecule has 2 aromatic rings. The lowest BCUT2D eigenvalue weighted by molar-refractivity contribution is 0.553. The number of rotatable bonds is 4. The summed E-state index contributed by atoms with van der Waals surface area (Å²) in [7, 11) is -3.65. The molecule has 2 unspecified atom stereocenters. The molecule has 0 aromatic heterocycles. The zero-order valence-electron chi connectivity index (χ0n) is 14.9. The van der Waals surface area contributed by atoms with Gasteiger partial charge in [0.1, 0.15) is 12.0 Å². The van der Waals surface area contributed by atoms with Crippen molar-refractivity contribution in [2.75, 3.05) is 5.32 Å². The molecular weight excluding hydrogens is 355 g/mol. The van der Waals surface area contributed by atoms with E-state index in [4.69, 9.17) is 0 Å². The number of hydrazine groups is 2. The summed E-state index contributed by atoms with van der Waals surface area (Å²) >= 11 is 0. The molecular formula is C18H23FN4O2S. The number of hydrogen-bond acceptors (Lipinski definition) is 6. The topological polar surface area (TPSA) is 82.3 Å². The SMILES string of the molecule is CC(C)(C)c1ccc(S(=O)(=O)C2NNNC2Nc2ccc(F)cc2)cc1. The Morgan fingerprint density at radius 1 is 0.962 bits per heavy atom. The van der Waals surface area contributed by atoms with Crippen molar-refractivity contribution in [3.8, 4) is 0 Å². The van der Waals surface area contributed by atoms with Gasteiger partial charge in [-0.3, -0.25) is 0 Å². The van der Waals surface area contributed by atoms with Crippen LogP contribution in [0.5, 0.6) is 0 Å². The predicted octanol–water partition coefficient (Wildman–Crippen LogP) is 2.27. The molecule has 0 saturated carbocycles. The molecule has 1 saturated heterocycles. The van der Waals surface area contributed by atoms with Gasteiger partial charge in [0.15, 0.2) is 15.2 Å². The van der Waals surface area contributed by atoms with Crippen LogP contribution in [-0.2, 0) is 15.3 Å². The summed E-state index contributed by atoms with van der Waals surface area (Å²) < 4.78 is 39.1. The second-order valence-corrected chi connectivity index (χ2v) is 9.35. The molecule has 1 aliphatic heterocycles. The molecule has 3 rings (SSSR count). The van der Waals surface area contributed by atoms with Crippen molar-refractivity contribution in [1.82, 2.24) is 16.4 Å². The number of halogens is 1. The summed E-state index contributed by atoms with van der Waals surface area (Å²) in [6.07, 6.45) is -0.632. The van der Waals surface area contributed by atoms with Gasteiger partial charge in [-0.2, -0.15) is 5.53 Å². The van der Waals surface area contributed by atoms with E-state index in [1.165, 1.54) is 12.1 Å². The third kappa shape index (κ3) is 3.88. The Balaban J connectivity index is 1.82. The summed E-state index contributed by atoms with van der Waals surface area (Å²) in [4.78, 5) is 0.236. The predicted molar refractivity (Wildman–Crippen MR) is 99.3 cm³/mol. The first-order valence-electron chi connectivity index (χ1n) is 8.30. The van der Waals surface area contributed by atoms with Gasteiger partial charge in [-0.15, -0.1) is 0 Å². The van der Waals surface area contributed by atoms with Crippen LogP contribution in [0.25, 0.3) is 0 Å². The molecule has 0 amide bonds. The van der Waals surface area contributed by atoms with Crippen LogP contribution in [0.2, 0.25) is 0 Å². The smallest absolute Gasteiger partial charge is 0.198 e. The van der Waals surface area contributed by atoms with Crippen LogP contribution in [0.15, 0.2) is 53.4 Å². The molecule has 2 atom stereocenters. The number of hydrogen-bond donors (Lipinski definition) is 4. The fraction of sp³-hybridized carbons (Fsp3) is 0.333. The van der Waals surface area contributed by atoms with E-state index in [0.717, 1.165) is 5.56 Å². The van der Waals surface area contributed by atoms with Crippen molar-refractivity contribution in [3.05, 3.63) is 59.9 Å². The summed E-state index contributed by atoms with van der Waals surface area (Å²) in [6, 6.07) is 12.7. The Labute approximate surface area is 153 Å². The van der Waals surface area contributed by atoms with Crippen LogP contribution in [-0.4, -0.2) is 20.0 Å². The second kappa shape index (κ2) is 6.96. The Morgan fingerprint density at radius 3 is 2.15 bits per heavy atom. The normalized spacial score (nSPS) is 20.9. The summed E-state index contributed by atoms with van der Waals surface area (Å²) in [5.74, 6) is -0.353. The highest BCUT2D eigenvalue weighted by molar-refractivity contribution is 7.92. The molecule has 0 aliphatic carbocycles. The first-order chi connectivity index (χ1) is 12.2. The molecule has 4 N–H and O–H groups in total. The van der Waals surface area contributed by atoms with Gasteiger partial charge in [-0.25, -0.2) is 23.7 Å². The van der Waals surface area contributed by atoms with E-state index < -0.39 is 21.4 Å². The van der Waals surface area contributed by atoms with Gasteiger partial charge in [-0.1, -0.05) is 32.9 Å². The Kier molecular flexibility index (Phi) is 5.03. The number of nitrogens with one attached hydrogen (secondary N) is 4. The third-order valence-electron chi connectivity index (χ3n) is 4.29. The van der Waals surface area contributed by atoms with Gasteiger partial charge in [-0.05, 0) is 47.4 Å². The van der Waals surface area contributed by atoms with Crippen molar-refractivity contribution in [2.45, 2.75) is 42.6 Å². The number of sulfone groups is 1. The molecule has 0 radical (unpaired) electrons. The molecule has 1 aliphatic rings. The molecule has 8 heteroatoms. The Morgan fingerprint density at radius 2 is 1.58 bits per heavy atom. The standard InChI is InChI=1S/C18H23FN4O2S/c1-18(2,3)12-4-10-15(11-5-12)26(24,25)17-16(21-23-22-17)20-14-8-6-13(19)7-9-14/h4-11,16-17,20-23H,1-3H3. The first kappa shape index (κ1) is 18.8. The minimum atomic E-state index is -3.65. The van der Waals surface area contributed by atoms with Crippen LogP contribution in [0.4, 0.5) is 10.1 Å². The van der Waals surface area contributed by atoms with Crippen molar-refractivity contribution in [3.63, 3.8) is 0 Å². The van der Waals surface area contributed by atoms with Gasteiger partial charge < -0.3 is 5.32 Å². The van der Waals surface area contributed by atoms with E-state index in [1.807, 2.05) is 12.1 Å². The van der Waals surface area contributed by atoms with Crippen molar-refractivity contribution in [2.24, 2.45) is 0 Å². The average molecular weight is 378 g/mol. The maximum absolute atomic E-state index is 13.0. The van der Waals surface area contributed by atoms with E-state index in [2.05, 4.69) is 42.5 Å². The maximum Gasteiger partial charge on any atom is 0.198 e. The third-order valence-corrected chi connectivity index (χ3v) is 6.28. The minimum Gasteiger partial charge on any atom is -0.367 e. The van der Waals surface area contributed by atoms with Crippen LogP contribution in [0.3, 0.4) is 0 Å². The number of anilines is 1. The van der Waals surface area contributed by atoms with Gasteiger partial charge in [0.05, 0.1) is 4.90 Å². The lowest BCUT2D eigenvalue weighted by Crippen LogP contribution is -2.45. The largest absolute Gasteiger partial charge is 0.367 e. The Bertz CT molecular complexity index is 862. The summed E-state index contributed by atoms with van der Waals surface area (Å²) in [6.45, 7) is 6.22. The molecule has 140 valence electrons. The van der Waals surface area contributed by atoms with E-state index in [0.29, 0.717) is 5.69 Å². The molecule has 26 heavy (non-hydrogen) atoms. The lowest BCUT2D eigenvalue weighted by atomic mass is 9.87. The molecule has 6 nitrogen and oxygen atoms in total. The highest BCUT2D eigenvalue weighted by atomic mass is 32.2. The van der Waals surface area contributed by atoms with Gasteiger partial charge in [0.2, 0.25) is 0 Å². The molecule has 0 spiro atoms. The van der Waals surface area contributed by atoms with Crippen molar-refractivity contribution in [1.29, 1.82) is 0 Å². The zero-order valence-corrected chi connectivity index (χ0v) is 15.7. The zero-order chi connectivity index (χ0) is 18.9. The van der Waals surface area contributed by atoms with E-state index >= 15 is 0 Å². The fourth-order valence-electron chi connectivity index (χ4n) is 2.73. The van der Waals surface area contributed by atoms with Gasteiger partial charge in [0, 0.05) is 5.69 Å². The van der Waals surface area contributed by atoms with Gasteiger partial charge in [0.25, 0.3) is 0 Å². The molecule has 0 bridgehead atoms. The monoisotopic (exact) mass is 378 g/mol. The van der Waals surface area contributed by atoms with Crippen LogP contribution >= 0.6 is 0 Å². The van der Waals surface area contributed by atoms with Crippen molar-refractivity contribution >= 4 is 15.5 Å². The lowest BCUT2D eigenvalue weighted by Gasteiger charge is -2.22. The number of benzene rings is 2. The quantitative estimate of drug-likeness (QED) is 0.654. The van der Waals surface area contributed by atoms with Crippen LogP contribution < -0.4 is 21.7 Å². The van der Waals surface area contributed by atoms with Crippen molar-refractivity contribution < 1.29 is 12.8 Å². The molecule has 1 heterocycles. The molecule has 2 aromatic carbocycles. The highest BCUT2D eigenvalue weighted by Crippen LogP contribution is 2.25. The van der Waals surface area contributed by atoms with E-state index in [9.17, 15) is 12.8 Å². The van der Waals surface area contributed by atoms with E-state index in [1.54, 1.807) is 24.3 Å². The second-order valence-electron chi connectivity index (χ2n) is 7.28. The maximum atomic E-state index is 13.0. The van der Waals surface area contributed by atoms with Gasteiger partial charge >= 0.3 is 0 Å². The first-order valence-corrected chi connectivity index (χ1v) is 9.85. The summed E-state index contributed by atoms with van der Waals surface area (Å²) in [5.41, 5.74) is 9.84.